The van der Waals surface area contributed by atoms with Crippen LogP contribution in [0, 0.1) is 0 Å². The maximum atomic E-state index is 12.0. The van der Waals surface area contributed by atoms with Crippen molar-refractivity contribution in [1.82, 2.24) is 5.32 Å². The molecule has 116 valence electrons. The number of carbonyl (C=O) groups is 2. The molecule has 0 saturated heterocycles. The first-order valence-electron chi connectivity index (χ1n) is 5.95. The van der Waals surface area contributed by atoms with Gasteiger partial charge >= 0.3 is 5.97 Å². The van der Waals surface area contributed by atoms with Gasteiger partial charge in [-0.15, -0.1) is 0 Å². The van der Waals surface area contributed by atoms with Crippen molar-refractivity contribution in [3.05, 3.63) is 29.8 Å². The molecule has 2 N–H and O–H groups in total. The number of nitrogens with one attached hydrogen (secondary N) is 1. The number of ether oxygens (including phenoxy) is 1. The normalized spacial score (nSPS) is 14.2. The first kappa shape index (κ1) is 17.1. The zero-order valence-electron chi connectivity index (χ0n) is 11.9. The minimum atomic E-state index is -3.35. The average Bonchev–Trinajstić information content (AvgIpc) is 2.37. The first-order chi connectivity index (χ1) is 9.60. The lowest BCUT2D eigenvalue weighted by Gasteiger charge is -2.25. The molecule has 1 amide bonds. The molecule has 1 atom stereocenters. The molecule has 7 nitrogen and oxygen atoms in total. The first-order valence-corrected chi connectivity index (χ1v) is 7.84. The average molecular weight is 315 g/mol. The fourth-order valence-electron chi connectivity index (χ4n) is 1.62. The fourth-order valence-corrected chi connectivity index (χ4v) is 2.25. The summed E-state index contributed by atoms with van der Waals surface area (Å²) in [4.78, 5) is 23.3. The van der Waals surface area contributed by atoms with Gasteiger partial charge in [0.2, 0.25) is 0 Å². The van der Waals surface area contributed by atoms with Gasteiger partial charge in [-0.1, -0.05) is 0 Å². The van der Waals surface area contributed by atoms with E-state index >= 15 is 0 Å². The molecule has 0 aliphatic rings. The lowest BCUT2D eigenvalue weighted by Crippen LogP contribution is -2.55. The molecule has 1 unspecified atom stereocenters. The van der Waals surface area contributed by atoms with E-state index in [0.717, 1.165) is 6.26 Å². The molecule has 0 aromatic heterocycles. The number of amides is 1. The number of carboxylic acid groups (broad SMARTS) is 1. The number of carboxylic acids is 1. The molecule has 8 heteroatoms. The molecule has 1 aromatic rings. The summed E-state index contributed by atoms with van der Waals surface area (Å²) in [5, 5.41) is 11.5. The second-order valence-electron chi connectivity index (χ2n) is 4.82. The Balaban J connectivity index is 2.96. The Bertz CT molecular complexity index is 637. The van der Waals surface area contributed by atoms with Crippen LogP contribution >= 0.6 is 0 Å². The molecule has 1 rings (SSSR count). The van der Waals surface area contributed by atoms with Gasteiger partial charge in [-0.05, 0) is 31.2 Å². The van der Waals surface area contributed by atoms with Crippen LogP contribution in [-0.2, 0) is 19.4 Å². The van der Waals surface area contributed by atoms with Crippen LogP contribution in [0.5, 0.6) is 0 Å². The molecule has 21 heavy (non-hydrogen) atoms. The van der Waals surface area contributed by atoms with E-state index < -0.39 is 27.3 Å². The number of aliphatic carboxylic acids is 1. The molecule has 0 heterocycles. The van der Waals surface area contributed by atoms with Gasteiger partial charge in [-0.3, -0.25) is 4.79 Å². The summed E-state index contributed by atoms with van der Waals surface area (Å²) in [5.74, 6) is -1.86. The van der Waals surface area contributed by atoms with E-state index in [1.165, 1.54) is 38.3 Å². The third kappa shape index (κ3) is 4.27. The maximum absolute atomic E-state index is 12.0. The van der Waals surface area contributed by atoms with Crippen LogP contribution in [0.2, 0.25) is 0 Å². The zero-order valence-corrected chi connectivity index (χ0v) is 12.7. The Labute approximate surface area is 122 Å². The number of methoxy groups -OCH3 is 1. The highest BCUT2D eigenvalue weighted by Gasteiger charge is 2.35. The van der Waals surface area contributed by atoms with Crippen molar-refractivity contribution >= 4 is 21.7 Å². The Morgan fingerprint density at radius 2 is 1.81 bits per heavy atom. The van der Waals surface area contributed by atoms with Gasteiger partial charge in [0.25, 0.3) is 5.91 Å². The number of carbonyl (C=O) groups excluding carboxylic acids is 1. The van der Waals surface area contributed by atoms with Crippen molar-refractivity contribution in [2.45, 2.75) is 17.4 Å². The second kappa shape index (κ2) is 6.23. The van der Waals surface area contributed by atoms with Crippen LogP contribution in [0.25, 0.3) is 0 Å². The summed E-state index contributed by atoms with van der Waals surface area (Å²) >= 11 is 0. The van der Waals surface area contributed by atoms with Crippen molar-refractivity contribution < 1.29 is 27.9 Å². The van der Waals surface area contributed by atoms with Crippen LogP contribution < -0.4 is 5.32 Å². The molecule has 1 aromatic carbocycles. The van der Waals surface area contributed by atoms with E-state index in [-0.39, 0.29) is 17.1 Å². The fraction of sp³-hybridized carbons (Fsp3) is 0.385. The van der Waals surface area contributed by atoms with E-state index in [1.54, 1.807) is 0 Å². The molecular weight excluding hydrogens is 298 g/mol. The van der Waals surface area contributed by atoms with Crippen molar-refractivity contribution in [2.75, 3.05) is 20.0 Å². The highest BCUT2D eigenvalue weighted by molar-refractivity contribution is 7.90. The Kier molecular flexibility index (Phi) is 5.08. The van der Waals surface area contributed by atoms with Crippen LogP contribution in [-0.4, -0.2) is 50.9 Å². The molecule has 0 bridgehead atoms. The summed E-state index contributed by atoms with van der Waals surface area (Å²) in [5.41, 5.74) is -1.41. The van der Waals surface area contributed by atoms with Gasteiger partial charge in [0, 0.05) is 18.9 Å². The summed E-state index contributed by atoms with van der Waals surface area (Å²) in [6.07, 6.45) is 1.06. The Morgan fingerprint density at radius 1 is 1.29 bits per heavy atom. The van der Waals surface area contributed by atoms with Crippen molar-refractivity contribution in [3.63, 3.8) is 0 Å². The highest BCUT2D eigenvalue weighted by atomic mass is 32.2. The number of hydrogen-bond acceptors (Lipinski definition) is 5. The van der Waals surface area contributed by atoms with E-state index in [4.69, 9.17) is 9.84 Å². The van der Waals surface area contributed by atoms with Gasteiger partial charge in [-0.2, -0.15) is 0 Å². The smallest absolute Gasteiger partial charge is 0.331 e. The summed E-state index contributed by atoms with van der Waals surface area (Å²) in [6.45, 7) is 1.12. The van der Waals surface area contributed by atoms with Crippen molar-refractivity contribution in [2.24, 2.45) is 0 Å². The van der Waals surface area contributed by atoms with Crippen molar-refractivity contribution in [1.29, 1.82) is 0 Å². The number of hydrogen-bond donors (Lipinski definition) is 2. The lowest BCUT2D eigenvalue weighted by atomic mass is 10.0. The Morgan fingerprint density at radius 3 is 2.19 bits per heavy atom. The third-order valence-electron chi connectivity index (χ3n) is 2.84. The number of benzene rings is 1. The topological polar surface area (TPSA) is 110 Å². The van der Waals surface area contributed by atoms with E-state index in [9.17, 15) is 18.0 Å². The molecule has 0 aliphatic heterocycles. The molecule has 0 saturated carbocycles. The van der Waals surface area contributed by atoms with E-state index in [2.05, 4.69) is 5.32 Å². The minimum absolute atomic E-state index is 0.0805. The predicted octanol–water partition coefficient (Wildman–Crippen LogP) is 0.310. The summed E-state index contributed by atoms with van der Waals surface area (Å²) < 4.78 is 27.4. The van der Waals surface area contributed by atoms with Crippen LogP contribution in [0.3, 0.4) is 0 Å². The van der Waals surface area contributed by atoms with Crippen LogP contribution in [0.4, 0.5) is 0 Å². The van der Waals surface area contributed by atoms with Crippen molar-refractivity contribution in [3.8, 4) is 0 Å². The summed E-state index contributed by atoms with van der Waals surface area (Å²) in [6, 6.07) is 5.22. The quantitative estimate of drug-likeness (QED) is 0.782. The SMILES string of the molecule is COCC(C)(NC(=O)c1ccc(S(C)(=O)=O)cc1)C(=O)O. The standard InChI is InChI=1S/C13H17NO6S/c1-13(8-20-2,12(16)17)14-11(15)9-4-6-10(7-5-9)21(3,18)19/h4-7H,8H2,1-3H3,(H,14,15)(H,16,17). The molecule has 0 fully saturated rings. The van der Waals surface area contributed by atoms with Gasteiger partial charge in [0.15, 0.2) is 15.4 Å². The second-order valence-corrected chi connectivity index (χ2v) is 6.84. The van der Waals surface area contributed by atoms with Crippen LogP contribution in [0.1, 0.15) is 17.3 Å². The van der Waals surface area contributed by atoms with Gasteiger partial charge in [0.1, 0.15) is 0 Å². The lowest BCUT2D eigenvalue weighted by molar-refractivity contribution is -0.145. The predicted molar refractivity (Wildman–Crippen MR) is 74.9 cm³/mol. The maximum Gasteiger partial charge on any atom is 0.331 e. The number of sulfone groups is 1. The van der Waals surface area contributed by atoms with Gasteiger partial charge in [-0.25, -0.2) is 13.2 Å². The molecule has 0 aliphatic carbocycles. The van der Waals surface area contributed by atoms with E-state index in [0.29, 0.717) is 0 Å². The number of rotatable bonds is 6. The van der Waals surface area contributed by atoms with E-state index in [1.807, 2.05) is 0 Å². The largest absolute Gasteiger partial charge is 0.479 e. The molecular formula is C13H17NO6S. The summed E-state index contributed by atoms with van der Waals surface area (Å²) in [7, 11) is -2.02. The highest BCUT2D eigenvalue weighted by Crippen LogP contribution is 2.12. The Hall–Kier alpha value is -1.93. The zero-order chi connectivity index (χ0) is 16.3. The molecule has 0 radical (unpaired) electrons. The minimum Gasteiger partial charge on any atom is -0.479 e. The molecule has 0 spiro atoms. The third-order valence-corrected chi connectivity index (χ3v) is 3.97. The van der Waals surface area contributed by atoms with Gasteiger partial charge in [0.05, 0.1) is 11.5 Å². The van der Waals surface area contributed by atoms with Gasteiger partial charge < -0.3 is 15.2 Å². The monoisotopic (exact) mass is 315 g/mol. The van der Waals surface area contributed by atoms with Crippen LogP contribution in [0.15, 0.2) is 29.2 Å².